The molecular formula is C17H17ClN2O4S. The zero-order valence-corrected chi connectivity index (χ0v) is 15.1. The molecule has 1 amide bonds. The Hall–Kier alpha value is -2.25. The van der Waals surface area contributed by atoms with Gasteiger partial charge in [-0.1, -0.05) is 23.7 Å². The molecule has 0 fully saturated rings. The van der Waals surface area contributed by atoms with E-state index in [-0.39, 0.29) is 18.9 Å². The van der Waals surface area contributed by atoms with Crippen LogP contribution < -0.4 is 14.4 Å². The Labute approximate surface area is 151 Å². The van der Waals surface area contributed by atoms with Gasteiger partial charge in [0.25, 0.3) is 0 Å². The summed E-state index contributed by atoms with van der Waals surface area (Å²) in [5.41, 5.74) is 1.77. The molecule has 0 unspecified atom stereocenters. The molecule has 0 aliphatic carbocycles. The summed E-state index contributed by atoms with van der Waals surface area (Å²) >= 11 is 5.83. The molecule has 0 saturated carbocycles. The van der Waals surface area contributed by atoms with E-state index in [9.17, 15) is 13.2 Å². The fraction of sp³-hybridized carbons (Fsp3) is 0.235. The van der Waals surface area contributed by atoms with Gasteiger partial charge in [0, 0.05) is 10.7 Å². The predicted octanol–water partition coefficient (Wildman–Crippen LogP) is 2.68. The van der Waals surface area contributed by atoms with Crippen LogP contribution in [0.4, 0.5) is 11.4 Å². The van der Waals surface area contributed by atoms with Crippen molar-refractivity contribution in [1.82, 2.24) is 0 Å². The fourth-order valence-electron chi connectivity index (χ4n) is 2.61. The maximum Gasteiger partial charge on any atom is 0.232 e. The maximum atomic E-state index is 12.2. The first kappa shape index (κ1) is 17.6. The predicted molar refractivity (Wildman–Crippen MR) is 97.9 cm³/mol. The Morgan fingerprint density at radius 2 is 1.96 bits per heavy atom. The molecule has 3 rings (SSSR count). The summed E-state index contributed by atoms with van der Waals surface area (Å²) < 4.78 is 30.6. The number of nitrogens with zero attached hydrogens (tertiary/aromatic N) is 1. The fourth-order valence-corrected chi connectivity index (χ4v) is 3.64. The summed E-state index contributed by atoms with van der Waals surface area (Å²) in [6.45, 7) is 0.538. The summed E-state index contributed by atoms with van der Waals surface area (Å²) in [5.74, 6) is 0.275. The van der Waals surface area contributed by atoms with Gasteiger partial charge in [-0.25, -0.2) is 8.42 Å². The Kier molecular flexibility index (Phi) is 4.87. The lowest BCUT2D eigenvalue weighted by Crippen LogP contribution is -2.37. The van der Waals surface area contributed by atoms with Crippen LogP contribution in [0.2, 0.25) is 5.02 Å². The van der Waals surface area contributed by atoms with Crippen molar-refractivity contribution in [2.24, 2.45) is 0 Å². The van der Waals surface area contributed by atoms with Gasteiger partial charge >= 0.3 is 0 Å². The van der Waals surface area contributed by atoms with Gasteiger partial charge in [0.1, 0.15) is 12.4 Å². The SMILES string of the molecule is CS(=O)(=O)N1CCOc2ccc(NC(=O)Cc3ccc(Cl)cc3)cc21. The number of halogens is 1. The number of amides is 1. The third-order valence-corrected chi connectivity index (χ3v) is 5.17. The molecule has 6 nitrogen and oxygen atoms in total. The third kappa shape index (κ3) is 4.24. The van der Waals surface area contributed by atoms with E-state index in [2.05, 4.69) is 5.32 Å². The molecule has 8 heteroatoms. The topological polar surface area (TPSA) is 75.7 Å². The molecule has 1 aliphatic rings. The molecule has 0 bridgehead atoms. The van der Waals surface area contributed by atoms with Crippen molar-refractivity contribution in [3.63, 3.8) is 0 Å². The highest BCUT2D eigenvalue weighted by atomic mass is 35.5. The number of hydrogen-bond donors (Lipinski definition) is 1. The first-order chi connectivity index (χ1) is 11.8. The molecule has 1 N–H and O–H groups in total. The summed E-state index contributed by atoms with van der Waals surface area (Å²) in [6, 6.07) is 12.0. The molecule has 0 radical (unpaired) electrons. The van der Waals surface area contributed by atoms with Crippen molar-refractivity contribution in [3.05, 3.63) is 53.1 Å². The van der Waals surface area contributed by atoms with Gasteiger partial charge in [-0.05, 0) is 35.9 Å². The number of fused-ring (bicyclic) bond motifs is 1. The minimum atomic E-state index is -3.41. The maximum absolute atomic E-state index is 12.2. The lowest BCUT2D eigenvalue weighted by Gasteiger charge is -2.29. The highest BCUT2D eigenvalue weighted by molar-refractivity contribution is 7.92. The number of benzene rings is 2. The third-order valence-electron chi connectivity index (χ3n) is 3.74. The molecule has 25 heavy (non-hydrogen) atoms. The average Bonchev–Trinajstić information content (AvgIpc) is 2.55. The van der Waals surface area contributed by atoms with Crippen molar-refractivity contribution >= 4 is 38.9 Å². The molecule has 0 saturated heterocycles. The van der Waals surface area contributed by atoms with Gasteiger partial charge in [-0.2, -0.15) is 0 Å². The van der Waals surface area contributed by atoms with Crippen LogP contribution in [0.5, 0.6) is 5.75 Å². The number of carbonyl (C=O) groups is 1. The molecular weight excluding hydrogens is 364 g/mol. The number of hydrogen-bond acceptors (Lipinski definition) is 4. The Balaban J connectivity index is 1.77. The van der Waals surface area contributed by atoms with E-state index in [1.54, 1.807) is 42.5 Å². The normalized spacial score (nSPS) is 13.8. The standard InChI is InChI=1S/C17H17ClN2O4S/c1-25(22,23)20-8-9-24-16-7-6-14(11-15(16)20)19-17(21)10-12-2-4-13(18)5-3-12/h2-7,11H,8-10H2,1H3,(H,19,21). The van der Waals surface area contributed by atoms with Crippen LogP contribution in [-0.2, 0) is 21.2 Å². The van der Waals surface area contributed by atoms with E-state index in [1.165, 1.54) is 4.31 Å². The highest BCUT2D eigenvalue weighted by Gasteiger charge is 2.25. The molecule has 1 heterocycles. The Bertz CT molecular complexity index is 897. The van der Waals surface area contributed by atoms with E-state index in [1.807, 2.05) is 0 Å². The molecule has 132 valence electrons. The van der Waals surface area contributed by atoms with Gasteiger partial charge in [-0.15, -0.1) is 0 Å². The van der Waals surface area contributed by atoms with Crippen LogP contribution in [0.1, 0.15) is 5.56 Å². The first-order valence-electron chi connectivity index (χ1n) is 7.62. The minimum absolute atomic E-state index is 0.195. The van der Waals surface area contributed by atoms with Crippen molar-refractivity contribution in [3.8, 4) is 5.75 Å². The smallest absolute Gasteiger partial charge is 0.232 e. The van der Waals surface area contributed by atoms with Gasteiger partial charge in [0.05, 0.1) is 24.9 Å². The zero-order chi connectivity index (χ0) is 18.0. The van der Waals surface area contributed by atoms with Crippen LogP contribution in [-0.4, -0.2) is 33.7 Å². The quantitative estimate of drug-likeness (QED) is 0.884. The largest absolute Gasteiger partial charge is 0.489 e. The second-order valence-electron chi connectivity index (χ2n) is 5.72. The van der Waals surface area contributed by atoms with E-state index in [0.717, 1.165) is 11.8 Å². The summed E-state index contributed by atoms with van der Waals surface area (Å²) in [5, 5.41) is 3.39. The van der Waals surface area contributed by atoms with E-state index >= 15 is 0 Å². The number of ether oxygens (including phenoxy) is 1. The van der Waals surface area contributed by atoms with Crippen LogP contribution in [0.15, 0.2) is 42.5 Å². The van der Waals surface area contributed by atoms with Crippen molar-refractivity contribution in [2.75, 3.05) is 29.0 Å². The monoisotopic (exact) mass is 380 g/mol. The van der Waals surface area contributed by atoms with Crippen LogP contribution in [0, 0.1) is 0 Å². The molecule has 0 atom stereocenters. The Morgan fingerprint density at radius 3 is 2.64 bits per heavy atom. The lowest BCUT2D eigenvalue weighted by atomic mass is 10.1. The average molecular weight is 381 g/mol. The van der Waals surface area contributed by atoms with E-state index in [4.69, 9.17) is 16.3 Å². The van der Waals surface area contributed by atoms with E-state index in [0.29, 0.717) is 28.8 Å². The van der Waals surface area contributed by atoms with Gasteiger partial charge in [0.2, 0.25) is 15.9 Å². The second-order valence-corrected chi connectivity index (χ2v) is 8.06. The molecule has 1 aliphatic heterocycles. The molecule has 2 aromatic carbocycles. The summed E-state index contributed by atoms with van der Waals surface area (Å²) in [6.07, 6.45) is 1.34. The first-order valence-corrected chi connectivity index (χ1v) is 9.84. The van der Waals surface area contributed by atoms with Crippen LogP contribution in [0.25, 0.3) is 0 Å². The zero-order valence-electron chi connectivity index (χ0n) is 13.5. The highest BCUT2D eigenvalue weighted by Crippen LogP contribution is 2.35. The molecule has 2 aromatic rings. The number of anilines is 2. The lowest BCUT2D eigenvalue weighted by molar-refractivity contribution is -0.115. The number of nitrogens with one attached hydrogen (secondary N) is 1. The minimum Gasteiger partial charge on any atom is -0.489 e. The van der Waals surface area contributed by atoms with Crippen molar-refractivity contribution in [1.29, 1.82) is 0 Å². The van der Waals surface area contributed by atoms with Gasteiger partial charge < -0.3 is 10.1 Å². The number of rotatable bonds is 4. The molecule has 0 spiro atoms. The van der Waals surface area contributed by atoms with Crippen molar-refractivity contribution < 1.29 is 17.9 Å². The van der Waals surface area contributed by atoms with Crippen LogP contribution in [0.3, 0.4) is 0 Å². The number of sulfonamides is 1. The summed E-state index contributed by atoms with van der Waals surface area (Å²) in [4.78, 5) is 12.2. The van der Waals surface area contributed by atoms with Crippen molar-refractivity contribution in [2.45, 2.75) is 6.42 Å². The summed E-state index contributed by atoms with van der Waals surface area (Å²) in [7, 11) is -3.41. The van der Waals surface area contributed by atoms with Crippen LogP contribution >= 0.6 is 11.6 Å². The van der Waals surface area contributed by atoms with Gasteiger partial charge in [0.15, 0.2) is 0 Å². The molecule has 0 aromatic heterocycles. The van der Waals surface area contributed by atoms with Gasteiger partial charge in [-0.3, -0.25) is 9.10 Å². The number of carbonyl (C=O) groups excluding carboxylic acids is 1. The Morgan fingerprint density at radius 1 is 1.24 bits per heavy atom. The second kappa shape index (κ2) is 6.93. The van der Waals surface area contributed by atoms with E-state index < -0.39 is 10.0 Å².